The van der Waals surface area contributed by atoms with Gasteiger partial charge in [-0.2, -0.15) is 0 Å². The van der Waals surface area contributed by atoms with E-state index in [9.17, 15) is 4.79 Å². The van der Waals surface area contributed by atoms with Crippen LogP contribution < -0.4 is 5.32 Å². The summed E-state index contributed by atoms with van der Waals surface area (Å²) in [6.07, 6.45) is 3.25. The first-order chi connectivity index (χ1) is 10.6. The van der Waals surface area contributed by atoms with Crippen LogP contribution in [-0.4, -0.2) is 15.9 Å². The molecule has 0 aliphatic carbocycles. The molecule has 0 atom stereocenters. The van der Waals surface area contributed by atoms with E-state index < -0.39 is 0 Å². The summed E-state index contributed by atoms with van der Waals surface area (Å²) < 4.78 is 0. The smallest absolute Gasteiger partial charge is 0.265 e. The van der Waals surface area contributed by atoms with Crippen LogP contribution in [0.15, 0.2) is 48.8 Å². The summed E-state index contributed by atoms with van der Waals surface area (Å²) in [5, 5.41) is 2.81. The number of aryl methyl sites for hydroxylation is 2. The molecule has 110 valence electrons. The molecule has 22 heavy (non-hydrogen) atoms. The summed E-state index contributed by atoms with van der Waals surface area (Å²) in [5.74, 6) is 0.509. The number of nitrogens with zero attached hydrogens (tertiary/aromatic N) is 2. The molecule has 0 aliphatic rings. The van der Waals surface area contributed by atoms with E-state index in [-0.39, 0.29) is 5.91 Å². The molecule has 3 aromatic rings. The summed E-state index contributed by atoms with van der Waals surface area (Å²) in [6, 6.07) is 11.8. The number of hydrogen-bond acceptors (Lipinski definition) is 4. The zero-order valence-electron chi connectivity index (χ0n) is 12.3. The number of benzene rings is 1. The molecule has 2 heterocycles. The molecule has 2 aromatic heterocycles. The van der Waals surface area contributed by atoms with Gasteiger partial charge in [0, 0.05) is 10.4 Å². The molecule has 3 rings (SSSR count). The number of aromatic nitrogens is 2. The standard InChI is InChI=1S/C17H15N3OS/c1-11-3-6-13(7-4-11)16-18-9-14(10-19-16)20-17(21)15-8-5-12(2)22-15/h3-10H,1-2H3,(H,20,21). The second-order valence-electron chi connectivity index (χ2n) is 5.03. The molecule has 4 nitrogen and oxygen atoms in total. The summed E-state index contributed by atoms with van der Waals surface area (Å²) in [7, 11) is 0. The predicted molar refractivity (Wildman–Crippen MR) is 89.2 cm³/mol. The van der Waals surface area contributed by atoms with Crippen molar-refractivity contribution in [1.82, 2.24) is 9.97 Å². The van der Waals surface area contributed by atoms with E-state index in [4.69, 9.17) is 0 Å². The monoisotopic (exact) mass is 309 g/mol. The SMILES string of the molecule is Cc1ccc(-c2ncc(NC(=O)c3ccc(C)s3)cn2)cc1. The van der Waals surface area contributed by atoms with E-state index >= 15 is 0 Å². The highest BCUT2D eigenvalue weighted by molar-refractivity contribution is 7.14. The third kappa shape index (κ3) is 3.20. The van der Waals surface area contributed by atoms with Gasteiger partial charge in [-0.05, 0) is 26.0 Å². The van der Waals surface area contributed by atoms with Crippen LogP contribution >= 0.6 is 11.3 Å². The molecule has 1 aromatic carbocycles. The zero-order valence-corrected chi connectivity index (χ0v) is 13.1. The number of anilines is 1. The maximum atomic E-state index is 12.1. The molecule has 0 unspecified atom stereocenters. The first-order valence-corrected chi connectivity index (χ1v) is 7.70. The Morgan fingerprint density at radius 1 is 1.00 bits per heavy atom. The quantitative estimate of drug-likeness (QED) is 0.793. The predicted octanol–water partition coefficient (Wildman–Crippen LogP) is 4.07. The fraction of sp³-hybridized carbons (Fsp3) is 0.118. The van der Waals surface area contributed by atoms with Crippen molar-refractivity contribution in [1.29, 1.82) is 0 Å². The lowest BCUT2D eigenvalue weighted by molar-refractivity contribution is 0.103. The van der Waals surface area contributed by atoms with Gasteiger partial charge in [-0.3, -0.25) is 4.79 Å². The van der Waals surface area contributed by atoms with Crippen molar-refractivity contribution < 1.29 is 4.79 Å². The Kier molecular flexibility index (Phi) is 3.98. The number of carbonyl (C=O) groups excluding carboxylic acids is 1. The number of carbonyl (C=O) groups is 1. The maximum Gasteiger partial charge on any atom is 0.265 e. The number of rotatable bonds is 3. The van der Waals surface area contributed by atoms with Gasteiger partial charge in [0.1, 0.15) is 0 Å². The lowest BCUT2D eigenvalue weighted by Crippen LogP contribution is -2.10. The van der Waals surface area contributed by atoms with Crippen LogP contribution in [0.25, 0.3) is 11.4 Å². The van der Waals surface area contributed by atoms with E-state index in [0.29, 0.717) is 16.4 Å². The van der Waals surface area contributed by atoms with Crippen LogP contribution in [0.4, 0.5) is 5.69 Å². The van der Waals surface area contributed by atoms with Gasteiger partial charge in [-0.25, -0.2) is 9.97 Å². The number of amides is 1. The van der Waals surface area contributed by atoms with Crippen molar-refractivity contribution in [2.45, 2.75) is 13.8 Å². The molecule has 0 radical (unpaired) electrons. The fourth-order valence-corrected chi connectivity index (χ4v) is 2.76. The van der Waals surface area contributed by atoms with Gasteiger partial charge >= 0.3 is 0 Å². The van der Waals surface area contributed by atoms with Crippen molar-refractivity contribution >= 4 is 22.9 Å². The Labute approximate surface area is 132 Å². The summed E-state index contributed by atoms with van der Waals surface area (Å²) >= 11 is 1.46. The van der Waals surface area contributed by atoms with Gasteiger partial charge in [0.2, 0.25) is 0 Å². The molecule has 0 aliphatic heterocycles. The van der Waals surface area contributed by atoms with Crippen molar-refractivity contribution in [3.8, 4) is 11.4 Å². The van der Waals surface area contributed by atoms with Crippen molar-refractivity contribution in [2.75, 3.05) is 5.32 Å². The van der Waals surface area contributed by atoms with Crippen LogP contribution in [-0.2, 0) is 0 Å². The largest absolute Gasteiger partial charge is 0.319 e. The van der Waals surface area contributed by atoms with Crippen molar-refractivity contribution in [2.24, 2.45) is 0 Å². The van der Waals surface area contributed by atoms with Gasteiger partial charge < -0.3 is 5.32 Å². The molecular formula is C17H15N3OS. The van der Waals surface area contributed by atoms with Crippen LogP contribution in [0.2, 0.25) is 0 Å². The molecular weight excluding hydrogens is 294 g/mol. The van der Waals surface area contributed by atoms with Crippen LogP contribution in [0.5, 0.6) is 0 Å². The van der Waals surface area contributed by atoms with E-state index in [1.807, 2.05) is 50.2 Å². The third-order valence-corrected chi connectivity index (χ3v) is 4.18. The summed E-state index contributed by atoms with van der Waals surface area (Å²) in [4.78, 5) is 22.5. The van der Waals surface area contributed by atoms with Crippen molar-refractivity contribution in [3.63, 3.8) is 0 Å². The van der Waals surface area contributed by atoms with E-state index in [2.05, 4.69) is 15.3 Å². The minimum atomic E-state index is -0.134. The highest BCUT2D eigenvalue weighted by atomic mass is 32.1. The minimum Gasteiger partial charge on any atom is -0.319 e. The van der Waals surface area contributed by atoms with Crippen molar-refractivity contribution in [3.05, 3.63) is 64.1 Å². The fourth-order valence-electron chi connectivity index (χ4n) is 1.99. The topological polar surface area (TPSA) is 54.9 Å². The second-order valence-corrected chi connectivity index (χ2v) is 6.31. The van der Waals surface area contributed by atoms with Crippen LogP contribution in [0.3, 0.4) is 0 Å². The molecule has 1 amide bonds. The average molecular weight is 309 g/mol. The van der Waals surface area contributed by atoms with Gasteiger partial charge in [-0.15, -0.1) is 11.3 Å². The van der Waals surface area contributed by atoms with Gasteiger partial charge in [0.15, 0.2) is 5.82 Å². The summed E-state index contributed by atoms with van der Waals surface area (Å²) in [5.41, 5.74) is 2.74. The highest BCUT2D eigenvalue weighted by Gasteiger charge is 2.09. The van der Waals surface area contributed by atoms with E-state index in [1.54, 1.807) is 12.4 Å². The number of hydrogen-bond donors (Lipinski definition) is 1. The maximum absolute atomic E-state index is 12.1. The van der Waals surface area contributed by atoms with E-state index in [0.717, 1.165) is 10.4 Å². The number of thiophene rings is 1. The first kappa shape index (κ1) is 14.4. The Hall–Kier alpha value is -2.53. The average Bonchev–Trinajstić information content (AvgIpc) is 2.96. The first-order valence-electron chi connectivity index (χ1n) is 6.89. The molecule has 0 bridgehead atoms. The Morgan fingerprint density at radius 2 is 1.68 bits per heavy atom. The molecule has 0 saturated carbocycles. The van der Waals surface area contributed by atoms with Gasteiger partial charge in [-0.1, -0.05) is 29.8 Å². The van der Waals surface area contributed by atoms with Gasteiger partial charge in [0.25, 0.3) is 5.91 Å². The molecule has 0 saturated heterocycles. The Morgan fingerprint density at radius 3 is 2.27 bits per heavy atom. The summed E-state index contributed by atoms with van der Waals surface area (Å²) in [6.45, 7) is 4.01. The lowest BCUT2D eigenvalue weighted by atomic mass is 10.1. The second kappa shape index (κ2) is 6.07. The zero-order chi connectivity index (χ0) is 15.5. The highest BCUT2D eigenvalue weighted by Crippen LogP contribution is 2.18. The molecule has 5 heteroatoms. The lowest BCUT2D eigenvalue weighted by Gasteiger charge is -2.04. The Bertz CT molecular complexity index is 792. The van der Waals surface area contributed by atoms with Crippen LogP contribution in [0, 0.1) is 13.8 Å². The molecule has 0 spiro atoms. The Balaban J connectivity index is 1.74. The van der Waals surface area contributed by atoms with E-state index in [1.165, 1.54) is 16.9 Å². The van der Waals surface area contributed by atoms with Gasteiger partial charge in [0.05, 0.1) is 23.0 Å². The third-order valence-electron chi connectivity index (χ3n) is 3.18. The molecule has 1 N–H and O–H groups in total. The van der Waals surface area contributed by atoms with Crippen LogP contribution in [0.1, 0.15) is 20.1 Å². The molecule has 0 fully saturated rings. The number of nitrogens with one attached hydrogen (secondary N) is 1. The minimum absolute atomic E-state index is 0.134. The normalized spacial score (nSPS) is 10.5.